The molecule has 1 fully saturated rings. The van der Waals surface area contributed by atoms with Crippen LogP contribution in [0.1, 0.15) is 52.7 Å². The summed E-state index contributed by atoms with van der Waals surface area (Å²) in [6, 6.07) is 14.1. The van der Waals surface area contributed by atoms with Gasteiger partial charge in [-0.15, -0.1) is 0 Å². The van der Waals surface area contributed by atoms with Gasteiger partial charge in [-0.1, -0.05) is 43.7 Å². The number of hydrogen-bond donors (Lipinski definition) is 1. The Morgan fingerprint density at radius 1 is 1.10 bits per heavy atom. The van der Waals surface area contributed by atoms with Crippen LogP contribution in [-0.4, -0.2) is 29.4 Å². The standard InChI is InChI=1S/C25H28N2O3/c1-2-24(28)26-16-18-7-10-20(11-8-18)25(29)27(22-5-3-4-6-22)17-19-9-12-23-21(15-19)13-14-30-23/h2,7-12,15,22H,1,3-6,13-14,16-17H2,(H,26,28). The Morgan fingerprint density at radius 2 is 1.83 bits per heavy atom. The van der Waals surface area contributed by atoms with Gasteiger partial charge >= 0.3 is 0 Å². The monoisotopic (exact) mass is 404 g/mol. The molecule has 5 heteroatoms. The molecule has 4 rings (SSSR count). The molecule has 0 spiro atoms. The molecule has 0 atom stereocenters. The average Bonchev–Trinajstić information content (AvgIpc) is 3.47. The summed E-state index contributed by atoms with van der Waals surface area (Å²) >= 11 is 0. The topological polar surface area (TPSA) is 58.6 Å². The molecular formula is C25H28N2O3. The van der Waals surface area contributed by atoms with Crippen molar-refractivity contribution in [3.8, 4) is 5.75 Å². The zero-order valence-electron chi connectivity index (χ0n) is 17.2. The van der Waals surface area contributed by atoms with E-state index in [1.54, 1.807) is 0 Å². The fraction of sp³-hybridized carbons (Fsp3) is 0.360. The average molecular weight is 405 g/mol. The molecular weight excluding hydrogens is 376 g/mol. The van der Waals surface area contributed by atoms with Gasteiger partial charge in [0.15, 0.2) is 0 Å². The number of hydrogen-bond acceptors (Lipinski definition) is 3. The van der Waals surface area contributed by atoms with Crippen LogP contribution in [0, 0.1) is 0 Å². The van der Waals surface area contributed by atoms with E-state index in [-0.39, 0.29) is 17.9 Å². The summed E-state index contributed by atoms with van der Waals surface area (Å²) in [5, 5.41) is 2.76. The van der Waals surface area contributed by atoms with Gasteiger partial charge in [-0.25, -0.2) is 0 Å². The van der Waals surface area contributed by atoms with Crippen LogP contribution in [0.4, 0.5) is 0 Å². The van der Waals surface area contributed by atoms with Crippen LogP contribution in [-0.2, 0) is 24.3 Å². The van der Waals surface area contributed by atoms with E-state index in [0.717, 1.165) is 42.7 Å². The molecule has 1 aliphatic heterocycles. The first-order chi connectivity index (χ1) is 14.6. The fourth-order valence-electron chi connectivity index (χ4n) is 4.31. The first kappa shape index (κ1) is 20.2. The largest absolute Gasteiger partial charge is 0.493 e. The van der Waals surface area contributed by atoms with Crippen LogP contribution >= 0.6 is 0 Å². The second-order valence-electron chi connectivity index (χ2n) is 8.03. The summed E-state index contributed by atoms with van der Waals surface area (Å²) in [5.41, 5.74) is 4.03. The summed E-state index contributed by atoms with van der Waals surface area (Å²) in [6.45, 7) is 5.23. The van der Waals surface area contributed by atoms with E-state index < -0.39 is 0 Å². The first-order valence-corrected chi connectivity index (χ1v) is 10.7. The number of rotatable bonds is 7. The lowest BCUT2D eigenvalue weighted by atomic mass is 10.0. The molecule has 5 nitrogen and oxygen atoms in total. The van der Waals surface area contributed by atoms with E-state index in [0.29, 0.717) is 18.7 Å². The van der Waals surface area contributed by atoms with Gasteiger partial charge in [0.25, 0.3) is 5.91 Å². The molecule has 1 heterocycles. The van der Waals surface area contributed by atoms with Crippen molar-refractivity contribution < 1.29 is 14.3 Å². The van der Waals surface area contributed by atoms with Gasteiger partial charge in [0, 0.05) is 31.1 Å². The number of benzene rings is 2. The molecule has 156 valence electrons. The summed E-state index contributed by atoms with van der Waals surface area (Å²) in [6.07, 6.45) is 6.66. The third-order valence-electron chi connectivity index (χ3n) is 5.99. The summed E-state index contributed by atoms with van der Waals surface area (Å²) in [4.78, 5) is 26.8. The number of ether oxygens (including phenoxy) is 1. The van der Waals surface area contributed by atoms with E-state index in [4.69, 9.17) is 4.74 Å². The van der Waals surface area contributed by atoms with Crippen molar-refractivity contribution in [3.63, 3.8) is 0 Å². The molecule has 30 heavy (non-hydrogen) atoms. The first-order valence-electron chi connectivity index (χ1n) is 10.7. The maximum absolute atomic E-state index is 13.4. The molecule has 0 saturated heterocycles. The Balaban J connectivity index is 1.50. The zero-order chi connectivity index (χ0) is 20.9. The Labute approximate surface area is 177 Å². The maximum atomic E-state index is 13.4. The number of nitrogens with zero attached hydrogens (tertiary/aromatic N) is 1. The minimum Gasteiger partial charge on any atom is -0.493 e. The van der Waals surface area contributed by atoms with Gasteiger partial charge in [0.05, 0.1) is 6.61 Å². The number of nitrogens with one attached hydrogen (secondary N) is 1. The second kappa shape index (κ2) is 9.16. The lowest BCUT2D eigenvalue weighted by Gasteiger charge is -2.29. The van der Waals surface area contributed by atoms with Gasteiger partial charge in [0.2, 0.25) is 5.91 Å². The van der Waals surface area contributed by atoms with Crippen molar-refractivity contribution in [3.05, 3.63) is 77.4 Å². The van der Waals surface area contributed by atoms with Gasteiger partial charge in [-0.05, 0) is 53.8 Å². The molecule has 2 aromatic rings. The Bertz CT molecular complexity index is 930. The van der Waals surface area contributed by atoms with E-state index in [9.17, 15) is 9.59 Å². The molecule has 2 amide bonds. The minimum atomic E-state index is -0.206. The Kier molecular flexibility index (Phi) is 6.17. The molecule has 0 bridgehead atoms. The summed E-state index contributed by atoms with van der Waals surface area (Å²) < 4.78 is 5.62. The maximum Gasteiger partial charge on any atom is 0.254 e. The van der Waals surface area contributed by atoms with Gasteiger partial charge in [-0.2, -0.15) is 0 Å². The van der Waals surface area contributed by atoms with Crippen molar-refractivity contribution in [2.45, 2.75) is 51.2 Å². The number of carbonyl (C=O) groups is 2. The van der Waals surface area contributed by atoms with Crippen molar-refractivity contribution in [1.29, 1.82) is 0 Å². The van der Waals surface area contributed by atoms with Crippen molar-refractivity contribution in [1.82, 2.24) is 10.2 Å². The second-order valence-corrected chi connectivity index (χ2v) is 8.03. The fourth-order valence-corrected chi connectivity index (χ4v) is 4.31. The highest BCUT2D eigenvalue weighted by Crippen LogP contribution is 2.30. The van der Waals surface area contributed by atoms with E-state index in [1.807, 2.05) is 35.2 Å². The smallest absolute Gasteiger partial charge is 0.254 e. The number of carbonyl (C=O) groups excluding carboxylic acids is 2. The summed E-state index contributed by atoms with van der Waals surface area (Å²) in [7, 11) is 0. The number of amides is 2. The predicted octanol–water partition coefficient (Wildman–Crippen LogP) is 4.01. The lowest BCUT2D eigenvalue weighted by molar-refractivity contribution is -0.116. The highest BCUT2D eigenvalue weighted by Gasteiger charge is 2.28. The molecule has 0 unspecified atom stereocenters. The predicted molar refractivity (Wildman–Crippen MR) is 116 cm³/mol. The Hall–Kier alpha value is -3.08. The third-order valence-corrected chi connectivity index (χ3v) is 5.99. The molecule has 1 aliphatic carbocycles. The molecule has 0 radical (unpaired) electrons. The van der Waals surface area contributed by atoms with Crippen LogP contribution in [0.2, 0.25) is 0 Å². The van der Waals surface area contributed by atoms with Crippen molar-refractivity contribution in [2.75, 3.05) is 6.61 Å². The summed E-state index contributed by atoms with van der Waals surface area (Å²) in [5.74, 6) is 0.833. The minimum absolute atomic E-state index is 0.0697. The van der Waals surface area contributed by atoms with E-state index in [1.165, 1.54) is 24.5 Å². The normalized spacial score (nSPS) is 15.3. The highest BCUT2D eigenvalue weighted by atomic mass is 16.5. The zero-order valence-corrected chi connectivity index (χ0v) is 17.2. The third kappa shape index (κ3) is 4.56. The molecule has 1 saturated carbocycles. The van der Waals surface area contributed by atoms with Crippen molar-refractivity contribution >= 4 is 11.8 Å². The number of fused-ring (bicyclic) bond motifs is 1. The van der Waals surface area contributed by atoms with Crippen LogP contribution < -0.4 is 10.1 Å². The lowest BCUT2D eigenvalue weighted by Crippen LogP contribution is -2.38. The van der Waals surface area contributed by atoms with Crippen LogP contribution in [0.25, 0.3) is 0 Å². The van der Waals surface area contributed by atoms with E-state index >= 15 is 0 Å². The quantitative estimate of drug-likeness (QED) is 0.710. The molecule has 0 aromatic heterocycles. The van der Waals surface area contributed by atoms with Crippen LogP contribution in [0.15, 0.2) is 55.1 Å². The molecule has 2 aromatic carbocycles. The van der Waals surface area contributed by atoms with Gasteiger partial charge in [-0.3, -0.25) is 9.59 Å². The SMILES string of the molecule is C=CC(=O)NCc1ccc(C(=O)N(Cc2ccc3c(c2)CCO3)C2CCCC2)cc1. The Morgan fingerprint density at radius 3 is 2.57 bits per heavy atom. The molecule has 1 N–H and O–H groups in total. The van der Waals surface area contributed by atoms with Crippen LogP contribution in [0.3, 0.4) is 0 Å². The van der Waals surface area contributed by atoms with Crippen LogP contribution in [0.5, 0.6) is 5.75 Å². The van der Waals surface area contributed by atoms with Crippen molar-refractivity contribution in [2.24, 2.45) is 0 Å². The van der Waals surface area contributed by atoms with E-state index in [2.05, 4.69) is 24.0 Å². The molecule has 2 aliphatic rings. The highest BCUT2D eigenvalue weighted by molar-refractivity contribution is 5.94. The van der Waals surface area contributed by atoms with Gasteiger partial charge in [0.1, 0.15) is 5.75 Å². The van der Waals surface area contributed by atoms with Gasteiger partial charge < -0.3 is 15.0 Å².